The predicted octanol–water partition coefficient (Wildman–Crippen LogP) is 8.38. The summed E-state index contributed by atoms with van der Waals surface area (Å²) in [6.07, 6.45) is 7.86. The fourth-order valence-corrected chi connectivity index (χ4v) is 5.99. The fourth-order valence-electron chi connectivity index (χ4n) is 5.18. The van der Waals surface area contributed by atoms with E-state index >= 15 is 0 Å². The fraction of sp³-hybridized carbons (Fsp3) is 0.556. The molecule has 0 N–H and O–H groups in total. The molecule has 1 heterocycles. The molecular weight excluding hydrogens is 604 g/mol. The number of nitrogens with zero attached hydrogens (tertiary/aromatic N) is 2. The number of carbonyl (C=O) groups excluding carboxylic acids is 2. The van der Waals surface area contributed by atoms with E-state index in [4.69, 9.17) is 13.9 Å². The maximum atomic E-state index is 14.0. The van der Waals surface area contributed by atoms with Crippen LogP contribution in [0, 0.1) is 0 Å². The van der Waals surface area contributed by atoms with Crippen molar-refractivity contribution in [3.8, 4) is 5.75 Å². The summed E-state index contributed by atoms with van der Waals surface area (Å²) in [7, 11) is -4.05. The number of benzene rings is 2. The molecule has 10 heteroatoms. The summed E-state index contributed by atoms with van der Waals surface area (Å²) in [4.78, 5) is 29.5. The van der Waals surface area contributed by atoms with E-state index < -0.39 is 21.7 Å². The highest BCUT2D eigenvalue weighted by Gasteiger charge is 2.32. The zero-order chi connectivity index (χ0) is 33.9. The number of unbranched alkanes of at least 4 members (excludes halogenated alkanes) is 3. The highest BCUT2D eigenvalue weighted by atomic mass is 32.2. The van der Waals surface area contributed by atoms with Gasteiger partial charge in [-0.15, -0.1) is 0 Å². The molecule has 46 heavy (non-hydrogen) atoms. The van der Waals surface area contributed by atoms with E-state index in [0.717, 1.165) is 45.2 Å². The Balaban J connectivity index is 1.85. The van der Waals surface area contributed by atoms with Gasteiger partial charge in [0.05, 0.1) is 24.1 Å². The predicted molar refractivity (Wildman–Crippen MR) is 185 cm³/mol. The topological polar surface area (TPSA) is 106 Å². The van der Waals surface area contributed by atoms with Gasteiger partial charge in [0.1, 0.15) is 22.7 Å². The molecule has 0 fully saturated rings. The SMILES string of the molecule is CCCCc1oc2ccc(N(C(=O)OC(C)(C)C)S(C)(=O)=O)cc2c1C(=O)c1ccc(OCCCN(CCCC)CCCC)cc1. The molecule has 0 saturated heterocycles. The molecule has 1 aromatic heterocycles. The normalized spacial score (nSPS) is 12.1. The van der Waals surface area contributed by atoms with E-state index in [1.54, 1.807) is 51.1 Å². The van der Waals surface area contributed by atoms with Gasteiger partial charge in [-0.3, -0.25) is 4.79 Å². The van der Waals surface area contributed by atoms with Gasteiger partial charge in [-0.25, -0.2) is 13.2 Å². The first kappa shape index (κ1) is 37.1. The summed E-state index contributed by atoms with van der Waals surface area (Å²) in [6, 6.07) is 11.6. The molecule has 0 aliphatic rings. The van der Waals surface area contributed by atoms with Gasteiger partial charge in [0, 0.05) is 23.9 Å². The molecule has 2 aromatic carbocycles. The number of ether oxygens (including phenoxy) is 2. The van der Waals surface area contributed by atoms with Crippen molar-refractivity contribution < 1.29 is 31.9 Å². The van der Waals surface area contributed by atoms with Crippen molar-refractivity contribution in [3.63, 3.8) is 0 Å². The molecule has 0 aliphatic heterocycles. The van der Waals surface area contributed by atoms with Crippen LogP contribution in [0.15, 0.2) is 46.9 Å². The number of anilines is 1. The summed E-state index contributed by atoms with van der Waals surface area (Å²) >= 11 is 0. The highest BCUT2D eigenvalue weighted by Crippen LogP contribution is 2.34. The molecule has 0 bridgehead atoms. The minimum Gasteiger partial charge on any atom is -0.494 e. The monoisotopic (exact) mass is 656 g/mol. The minimum absolute atomic E-state index is 0.0628. The standard InChI is InChI=1S/C36H52N2O7S/c1-8-11-15-32-33(30-26-28(18-21-31(30)44-32)38(46(7,41)42)35(40)45-36(4,5)6)34(39)27-16-19-29(20-17-27)43-25-14-24-37(22-12-9-2)23-13-10-3/h16-21,26H,8-15,22-25H2,1-7H3. The first-order valence-corrected chi connectivity index (χ1v) is 18.4. The van der Waals surface area contributed by atoms with Gasteiger partial charge >= 0.3 is 6.09 Å². The van der Waals surface area contributed by atoms with Crippen LogP contribution in [0.3, 0.4) is 0 Å². The molecule has 3 rings (SSSR count). The number of furan rings is 1. The first-order valence-electron chi connectivity index (χ1n) is 16.6. The quantitative estimate of drug-likeness (QED) is 0.0993. The minimum atomic E-state index is -4.05. The Morgan fingerprint density at radius 3 is 2.02 bits per heavy atom. The van der Waals surface area contributed by atoms with Gasteiger partial charge in [0.15, 0.2) is 5.78 Å². The second-order valence-electron chi connectivity index (χ2n) is 12.8. The van der Waals surface area contributed by atoms with Gasteiger partial charge in [0.25, 0.3) is 0 Å². The Morgan fingerprint density at radius 1 is 0.848 bits per heavy atom. The third-order valence-electron chi connectivity index (χ3n) is 7.51. The maximum absolute atomic E-state index is 14.0. The lowest BCUT2D eigenvalue weighted by Gasteiger charge is -2.25. The van der Waals surface area contributed by atoms with E-state index in [0.29, 0.717) is 50.9 Å². The van der Waals surface area contributed by atoms with Crippen molar-refractivity contribution >= 4 is 38.6 Å². The lowest BCUT2D eigenvalue weighted by molar-refractivity contribution is 0.0609. The molecular formula is C36H52N2O7S. The van der Waals surface area contributed by atoms with Crippen LogP contribution in [-0.4, -0.2) is 63.3 Å². The summed E-state index contributed by atoms with van der Waals surface area (Å²) in [5.74, 6) is 0.967. The average molecular weight is 657 g/mol. The maximum Gasteiger partial charge on any atom is 0.428 e. The number of aryl methyl sites for hydroxylation is 1. The summed E-state index contributed by atoms with van der Waals surface area (Å²) in [5, 5.41) is 0.432. The summed E-state index contributed by atoms with van der Waals surface area (Å²) < 4.78 is 43.6. The summed E-state index contributed by atoms with van der Waals surface area (Å²) in [5.41, 5.74) is 0.398. The molecule has 1 amide bonds. The molecule has 0 aliphatic carbocycles. The van der Waals surface area contributed by atoms with Crippen molar-refractivity contribution in [1.29, 1.82) is 0 Å². The molecule has 9 nitrogen and oxygen atoms in total. The molecule has 254 valence electrons. The zero-order valence-electron chi connectivity index (χ0n) is 28.7. The van der Waals surface area contributed by atoms with Crippen LogP contribution in [-0.2, 0) is 21.2 Å². The number of fused-ring (bicyclic) bond motifs is 1. The van der Waals surface area contributed by atoms with Gasteiger partial charge in [-0.2, -0.15) is 4.31 Å². The lowest BCUT2D eigenvalue weighted by atomic mass is 9.98. The number of ketones is 1. The van der Waals surface area contributed by atoms with Crippen LogP contribution in [0.2, 0.25) is 0 Å². The smallest absolute Gasteiger partial charge is 0.428 e. The third-order valence-corrected chi connectivity index (χ3v) is 8.54. The van der Waals surface area contributed by atoms with Gasteiger partial charge in [0.2, 0.25) is 10.0 Å². The van der Waals surface area contributed by atoms with Gasteiger partial charge in [-0.05, 0) is 102 Å². The number of hydrogen-bond acceptors (Lipinski definition) is 8. The first-order chi connectivity index (χ1) is 21.8. The second-order valence-corrected chi connectivity index (χ2v) is 14.6. The Kier molecular flexibility index (Phi) is 13.7. The second kappa shape index (κ2) is 17.0. The number of amides is 1. The van der Waals surface area contributed by atoms with Crippen LogP contribution in [0.1, 0.15) is 108 Å². The highest BCUT2D eigenvalue weighted by molar-refractivity contribution is 7.92. The number of rotatable bonds is 18. The summed E-state index contributed by atoms with van der Waals surface area (Å²) in [6.45, 7) is 15.3. The van der Waals surface area contributed by atoms with E-state index in [9.17, 15) is 18.0 Å². The van der Waals surface area contributed by atoms with Crippen molar-refractivity contribution in [2.24, 2.45) is 0 Å². The van der Waals surface area contributed by atoms with E-state index in [1.807, 2.05) is 0 Å². The van der Waals surface area contributed by atoms with Crippen molar-refractivity contribution in [2.45, 2.75) is 98.5 Å². The molecule has 0 spiro atoms. The Bertz CT molecular complexity index is 1530. The molecule has 0 atom stereocenters. The van der Waals surface area contributed by atoms with Crippen LogP contribution >= 0.6 is 0 Å². The van der Waals surface area contributed by atoms with Crippen LogP contribution < -0.4 is 9.04 Å². The van der Waals surface area contributed by atoms with Crippen molar-refractivity contribution in [1.82, 2.24) is 4.90 Å². The molecule has 0 radical (unpaired) electrons. The van der Waals surface area contributed by atoms with E-state index in [2.05, 4.69) is 25.7 Å². The van der Waals surface area contributed by atoms with Gasteiger partial charge < -0.3 is 18.8 Å². The van der Waals surface area contributed by atoms with Crippen LogP contribution in [0.4, 0.5) is 10.5 Å². The van der Waals surface area contributed by atoms with E-state index in [-0.39, 0.29) is 11.5 Å². The largest absolute Gasteiger partial charge is 0.494 e. The molecule has 0 unspecified atom stereocenters. The number of hydrogen-bond donors (Lipinski definition) is 0. The average Bonchev–Trinajstić information content (AvgIpc) is 3.35. The number of carbonyl (C=O) groups is 2. The lowest BCUT2D eigenvalue weighted by Crippen LogP contribution is -2.40. The zero-order valence-corrected chi connectivity index (χ0v) is 29.5. The van der Waals surface area contributed by atoms with Crippen molar-refractivity contribution in [2.75, 3.05) is 36.8 Å². The van der Waals surface area contributed by atoms with Crippen LogP contribution in [0.5, 0.6) is 5.75 Å². The van der Waals surface area contributed by atoms with E-state index in [1.165, 1.54) is 37.8 Å². The third kappa shape index (κ3) is 10.6. The van der Waals surface area contributed by atoms with Crippen molar-refractivity contribution in [3.05, 3.63) is 59.4 Å². The Hall–Kier alpha value is -3.37. The Labute approximate surface area is 275 Å². The molecule has 3 aromatic rings. The van der Waals surface area contributed by atoms with Gasteiger partial charge in [-0.1, -0.05) is 40.0 Å². The Morgan fingerprint density at radius 2 is 1.46 bits per heavy atom. The number of sulfonamides is 1. The van der Waals surface area contributed by atoms with Crippen LogP contribution in [0.25, 0.3) is 11.0 Å². The molecule has 0 saturated carbocycles.